The lowest BCUT2D eigenvalue weighted by molar-refractivity contribution is -0.122. The zero-order valence-corrected chi connectivity index (χ0v) is 16.2. The van der Waals surface area contributed by atoms with E-state index in [1.165, 1.54) is 11.4 Å². The minimum atomic E-state index is -3.54. The second kappa shape index (κ2) is 7.48. The summed E-state index contributed by atoms with van der Waals surface area (Å²) in [5.74, 6) is 0.367. The van der Waals surface area contributed by atoms with E-state index in [0.29, 0.717) is 22.9 Å². The number of methoxy groups -OCH3 is 1. The molecule has 0 fully saturated rings. The van der Waals surface area contributed by atoms with Crippen LogP contribution in [0.15, 0.2) is 42.5 Å². The molecule has 0 saturated heterocycles. The van der Waals surface area contributed by atoms with Crippen molar-refractivity contribution in [1.82, 2.24) is 0 Å². The Bertz CT molecular complexity index is 958. The number of hydrogen-bond donors (Lipinski definition) is 1. The van der Waals surface area contributed by atoms with Crippen molar-refractivity contribution in [3.05, 3.63) is 48.0 Å². The summed E-state index contributed by atoms with van der Waals surface area (Å²) in [6.45, 7) is 3.38. The second-order valence-corrected chi connectivity index (χ2v) is 8.38. The fraction of sp³-hybridized carbons (Fsp3) is 0.316. The van der Waals surface area contributed by atoms with Crippen molar-refractivity contribution in [2.75, 3.05) is 29.0 Å². The molecule has 1 aliphatic rings. The first kappa shape index (κ1) is 19.0. The average Bonchev–Trinajstić information content (AvgIpc) is 2.67. The predicted octanol–water partition coefficient (Wildman–Crippen LogP) is 2.56. The second-order valence-electron chi connectivity index (χ2n) is 6.20. The van der Waals surface area contributed by atoms with Gasteiger partial charge in [0.25, 0.3) is 5.91 Å². The van der Waals surface area contributed by atoms with E-state index < -0.39 is 22.0 Å². The van der Waals surface area contributed by atoms with E-state index >= 15 is 0 Å². The molecule has 27 heavy (non-hydrogen) atoms. The van der Waals surface area contributed by atoms with Crippen molar-refractivity contribution in [2.45, 2.75) is 20.0 Å². The number of carbonyl (C=O) groups excluding carboxylic acids is 1. The van der Waals surface area contributed by atoms with Gasteiger partial charge in [-0.1, -0.05) is 18.2 Å². The number of sulfonamides is 1. The molecule has 144 valence electrons. The van der Waals surface area contributed by atoms with Crippen molar-refractivity contribution in [1.29, 1.82) is 0 Å². The molecule has 0 radical (unpaired) electrons. The van der Waals surface area contributed by atoms with Crippen molar-refractivity contribution >= 4 is 27.3 Å². The lowest BCUT2D eigenvalue weighted by Crippen LogP contribution is -2.49. The predicted molar refractivity (Wildman–Crippen MR) is 104 cm³/mol. The molecule has 0 unspecified atom stereocenters. The molecular weight excluding hydrogens is 368 g/mol. The van der Waals surface area contributed by atoms with E-state index in [2.05, 4.69) is 5.32 Å². The first-order valence-corrected chi connectivity index (χ1v) is 10.2. The summed E-state index contributed by atoms with van der Waals surface area (Å²) in [6, 6.07) is 12.2. The Morgan fingerprint density at radius 1 is 1.30 bits per heavy atom. The molecule has 0 saturated carbocycles. The van der Waals surface area contributed by atoms with Gasteiger partial charge in [-0.3, -0.25) is 9.10 Å². The quantitative estimate of drug-likeness (QED) is 0.848. The van der Waals surface area contributed by atoms with Gasteiger partial charge in [0.05, 0.1) is 30.8 Å². The topological polar surface area (TPSA) is 84.9 Å². The van der Waals surface area contributed by atoms with Crippen molar-refractivity contribution < 1.29 is 22.7 Å². The van der Waals surface area contributed by atoms with Gasteiger partial charge in [0.1, 0.15) is 11.5 Å². The number of carbonyl (C=O) groups is 1. The van der Waals surface area contributed by atoms with Crippen molar-refractivity contribution in [2.24, 2.45) is 0 Å². The maximum absolute atomic E-state index is 12.8. The number of fused-ring (bicyclic) bond motifs is 1. The maximum Gasteiger partial charge on any atom is 0.267 e. The molecule has 2 aromatic carbocycles. The van der Waals surface area contributed by atoms with Crippen LogP contribution in [0.3, 0.4) is 0 Å². The van der Waals surface area contributed by atoms with Gasteiger partial charge >= 0.3 is 0 Å². The van der Waals surface area contributed by atoms with E-state index in [9.17, 15) is 13.2 Å². The van der Waals surface area contributed by atoms with Gasteiger partial charge in [0, 0.05) is 0 Å². The van der Waals surface area contributed by atoms with Crippen LogP contribution < -0.4 is 19.1 Å². The summed E-state index contributed by atoms with van der Waals surface area (Å²) >= 11 is 0. The number of nitrogens with zero attached hydrogens (tertiary/aromatic N) is 1. The maximum atomic E-state index is 12.8. The summed E-state index contributed by atoms with van der Waals surface area (Å²) in [7, 11) is -2.03. The van der Waals surface area contributed by atoms with Gasteiger partial charge in [-0.2, -0.15) is 0 Å². The molecule has 1 atom stereocenters. The molecule has 0 spiro atoms. The van der Waals surface area contributed by atoms with Crippen molar-refractivity contribution in [3.8, 4) is 11.5 Å². The molecule has 8 heteroatoms. The third-order valence-electron chi connectivity index (χ3n) is 4.34. The Labute approximate surface area is 158 Å². The zero-order chi connectivity index (χ0) is 19.6. The lowest BCUT2D eigenvalue weighted by Gasteiger charge is -2.34. The van der Waals surface area contributed by atoms with E-state index in [1.807, 2.05) is 13.0 Å². The fourth-order valence-electron chi connectivity index (χ4n) is 2.89. The molecule has 1 aliphatic heterocycles. The molecular formula is C19H22N2O5S. The normalized spacial score (nSPS) is 16.3. The third kappa shape index (κ3) is 3.85. The molecule has 0 aromatic heterocycles. The first-order valence-electron chi connectivity index (χ1n) is 8.57. The molecule has 7 nitrogen and oxygen atoms in total. The number of rotatable bonds is 5. The number of ether oxygens (including phenoxy) is 2. The Kier molecular flexibility index (Phi) is 5.27. The highest BCUT2D eigenvalue weighted by molar-refractivity contribution is 7.92. The molecule has 0 aliphatic carbocycles. The summed E-state index contributed by atoms with van der Waals surface area (Å²) in [6.07, 6.45) is -0.980. The Morgan fingerprint density at radius 3 is 2.74 bits per heavy atom. The summed E-state index contributed by atoms with van der Waals surface area (Å²) in [5.41, 5.74) is 1.91. The zero-order valence-electron chi connectivity index (χ0n) is 15.4. The van der Waals surface area contributed by atoms with E-state index in [0.717, 1.165) is 5.56 Å². The minimum Gasteiger partial charge on any atom is -0.495 e. The largest absolute Gasteiger partial charge is 0.495 e. The summed E-state index contributed by atoms with van der Waals surface area (Å²) in [4.78, 5) is 12.8. The summed E-state index contributed by atoms with van der Waals surface area (Å²) in [5, 5.41) is 2.78. The minimum absolute atomic E-state index is 0.0681. The highest BCUT2D eigenvalue weighted by Gasteiger charge is 2.36. The first-order chi connectivity index (χ1) is 12.9. The van der Waals surface area contributed by atoms with Gasteiger partial charge in [0.15, 0.2) is 6.10 Å². The van der Waals surface area contributed by atoms with Gasteiger partial charge < -0.3 is 14.8 Å². The van der Waals surface area contributed by atoms with Crippen LogP contribution in [0, 0.1) is 6.92 Å². The fourth-order valence-corrected chi connectivity index (χ4v) is 4.02. The van der Waals surface area contributed by atoms with E-state index in [-0.39, 0.29) is 12.3 Å². The summed E-state index contributed by atoms with van der Waals surface area (Å²) < 4.78 is 37.3. The number of hydrogen-bond acceptors (Lipinski definition) is 5. The smallest absolute Gasteiger partial charge is 0.267 e. The highest BCUT2D eigenvalue weighted by Crippen LogP contribution is 2.35. The molecule has 0 bridgehead atoms. The van der Waals surface area contributed by atoms with E-state index in [4.69, 9.17) is 9.47 Å². The monoisotopic (exact) mass is 390 g/mol. The van der Waals surface area contributed by atoms with Crippen molar-refractivity contribution in [3.63, 3.8) is 0 Å². The van der Waals surface area contributed by atoms with Crippen LogP contribution in [0.2, 0.25) is 0 Å². The number of anilines is 2. The lowest BCUT2D eigenvalue weighted by atomic mass is 10.2. The average molecular weight is 390 g/mol. The number of aryl methyl sites for hydroxylation is 1. The van der Waals surface area contributed by atoms with E-state index in [1.54, 1.807) is 43.3 Å². The van der Waals surface area contributed by atoms with Gasteiger partial charge in [-0.15, -0.1) is 0 Å². The number of benzene rings is 2. The van der Waals surface area contributed by atoms with Gasteiger partial charge in [-0.25, -0.2) is 8.42 Å². The molecule has 1 amide bonds. The Balaban J connectivity index is 1.90. The van der Waals surface area contributed by atoms with Gasteiger partial charge in [-0.05, 0) is 43.7 Å². The van der Waals surface area contributed by atoms with Crippen LogP contribution in [0.1, 0.15) is 12.5 Å². The SMILES string of the molecule is CCS(=O)(=O)N1C[C@H](C(=O)Nc2cc(C)ccc2OC)Oc2ccccc21. The standard InChI is InChI=1S/C19H22N2O5S/c1-4-27(23,24)21-12-18(26-17-8-6-5-7-15(17)21)19(22)20-14-11-13(2)9-10-16(14)25-3/h5-11,18H,4,12H2,1-3H3,(H,20,22)/t18-/m1/s1. The van der Waals surface area contributed by atoms with Crippen LogP contribution in [-0.4, -0.2) is 39.8 Å². The molecule has 3 rings (SSSR count). The van der Waals surface area contributed by atoms with Crippen LogP contribution in [-0.2, 0) is 14.8 Å². The highest BCUT2D eigenvalue weighted by atomic mass is 32.2. The molecule has 1 heterocycles. The van der Waals surface area contributed by atoms with Crippen LogP contribution in [0.25, 0.3) is 0 Å². The van der Waals surface area contributed by atoms with Crippen LogP contribution in [0.4, 0.5) is 11.4 Å². The van der Waals surface area contributed by atoms with Crippen LogP contribution in [0.5, 0.6) is 11.5 Å². The van der Waals surface area contributed by atoms with Crippen LogP contribution >= 0.6 is 0 Å². The number of para-hydroxylation sites is 2. The molecule has 1 N–H and O–H groups in total. The Hall–Kier alpha value is -2.74. The number of amides is 1. The third-order valence-corrected chi connectivity index (χ3v) is 6.09. The molecule has 2 aromatic rings. The van der Waals surface area contributed by atoms with Gasteiger partial charge in [0.2, 0.25) is 10.0 Å². The Morgan fingerprint density at radius 2 is 2.04 bits per heavy atom. The number of nitrogens with one attached hydrogen (secondary N) is 1.